The summed E-state index contributed by atoms with van der Waals surface area (Å²) in [6, 6.07) is 11.2. The van der Waals surface area contributed by atoms with E-state index in [1.165, 1.54) is 51.5 Å². The molecule has 2 saturated carbocycles. The van der Waals surface area contributed by atoms with Gasteiger partial charge in [0.05, 0.1) is 0 Å². The predicted molar refractivity (Wildman–Crippen MR) is 81.4 cm³/mol. The van der Waals surface area contributed by atoms with Crippen molar-refractivity contribution in [2.45, 2.75) is 57.3 Å². The Morgan fingerprint density at radius 3 is 2.37 bits per heavy atom. The fourth-order valence-electron chi connectivity index (χ4n) is 4.59. The molecule has 1 nitrogen and oxygen atoms in total. The lowest BCUT2D eigenvalue weighted by Gasteiger charge is -2.56. The molecule has 19 heavy (non-hydrogen) atoms. The Morgan fingerprint density at radius 2 is 1.74 bits per heavy atom. The molecule has 0 unspecified atom stereocenters. The van der Waals surface area contributed by atoms with Crippen molar-refractivity contribution in [1.82, 2.24) is 5.32 Å². The van der Waals surface area contributed by atoms with Gasteiger partial charge in [-0.15, -0.1) is 0 Å². The van der Waals surface area contributed by atoms with E-state index in [0.717, 1.165) is 6.54 Å². The zero-order chi connectivity index (χ0) is 13.2. The van der Waals surface area contributed by atoms with Gasteiger partial charge >= 0.3 is 0 Å². The van der Waals surface area contributed by atoms with Crippen LogP contribution in [0, 0.1) is 5.41 Å². The fourth-order valence-corrected chi connectivity index (χ4v) is 4.59. The van der Waals surface area contributed by atoms with E-state index in [1.807, 2.05) is 0 Å². The van der Waals surface area contributed by atoms with E-state index in [1.54, 1.807) is 5.56 Å². The molecule has 104 valence electrons. The third-order valence-electron chi connectivity index (χ3n) is 5.37. The van der Waals surface area contributed by atoms with E-state index in [-0.39, 0.29) is 0 Å². The molecule has 1 spiro atoms. The van der Waals surface area contributed by atoms with Crippen LogP contribution in [0.15, 0.2) is 30.3 Å². The van der Waals surface area contributed by atoms with Crippen LogP contribution in [0.2, 0.25) is 0 Å². The summed E-state index contributed by atoms with van der Waals surface area (Å²) in [5.74, 6) is 0. The third-order valence-corrected chi connectivity index (χ3v) is 5.37. The molecule has 2 aliphatic rings. The van der Waals surface area contributed by atoms with Crippen LogP contribution in [0.3, 0.4) is 0 Å². The van der Waals surface area contributed by atoms with Crippen molar-refractivity contribution in [3.8, 4) is 0 Å². The summed E-state index contributed by atoms with van der Waals surface area (Å²) in [7, 11) is 0. The van der Waals surface area contributed by atoms with Crippen molar-refractivity contribution >= 4 is 0 Å². The van der Waals surface area contributed by atoms with Crippen molar-refractivity contribution in [3.63, 3.8) is 0 Å². The van der Waals surface area contributed by atoms with Gasteiger partial charge in [-0.3, -0.25) is 0 Å². The third kappa shape index (κ3) is 2.45. The van der Waals surface area contributed by atoms with Crippen molar-refractivity contribution in [3.05, 3.63) is 35.9 Å². The summed E-state index contributed by atoms with van der Waals surface area (Å²) in [6.07, 6.45) is 9.96. The zero-order valence-corrected chi connectivity index (χ0v) is 12.3. The van der Waals surface area contributed by atoms with Crippen LogP contribution in [-0.4, -0.2) is 13.1 Å². The van der Waals surface area contributed by atoms with E-state index in [4.69, 9.17) is 0 Å². The summed E-state index contributed by atoms with van der Waals surface area (Å²) >= 11 is 0. The molecule has 2 aliphatic carbocycles. The predicted octanol–water partition coefficient (Wildman–Crippen LogP) is 4.28. The molecule has 1 aromatic rings. The number of hydrogen-bond acceptors (Lipinski definition) is 1. The fraction of sp³-hybridized carbons (Fsp3) is 0.667. The molecule has 0 heterocycles. The maximum atomic E-state index is 3.68. The second-order valence-electron chi connectivity index (χ2n) is 6.88. The van der Waals surface area contributed by atoms with Gasteiger partial charge in [-0.2, -0.15) is 0 Å². The minimum atomic E-state index is 0.431. The number of hydrogen-bond donors (Lipinski definition) is 1. The monoisotopic (exact) mass is 257 g/mol. The Bertz CT molecular complexity index is 395. The number of rotatable bonds is 5. The van der Waals surface area contributed by atoms with Crippen LogP contribution < -0.4 is 5.32 Å². The molecule has 2 fully saturated rings. The zero-order valence-electron chi connectivity index (χ0n) is 12.3. The normalized spacial score (nSPS) is 23.4. The van der Waals surface area contributed by atoms with Gasteiger partial charge in [0, 0.05) is 12.0 Å². The largest absolute Gasteiger partial charge is 0.316 e. The summed E-state index contributed by atoms with van der Waals surface area (Å²) in [5, 5.41) is 3.68. The minimum absolute atomic E-state index is 0.431. The average molecular weight is 257 g/mol. The summed E-state index contributed by atoms with van der Waals surface area (Å²) in [4.78, 5) is 0. The van der Waals surface area contributed by atoms with Gasteiger partial charge in [-0.1, -0.05) is 50.1 Å². The lowest BCUT2D eigenvalue weighted by Crippen LogP contribution is -2.53. The molecule has 0 radical (unpaired) electrons. The van der Waals surface area contributed by atoms with E-state index in [2.05, 4.69) is 42.6 Å². The SMILES string of the molecule is CCCNCC1(c2ccccc2)CC2(CCCC2)C1. The summed E-state index contributed by atoms with van der Waals surface area (Å²) < 4.78 is 0. The van der Waals surface area contributed by atoms with Crippen LogP contribution in [0.5, 0.6) is 0 Å². The highest BCUT2D eigenvalue weighted by atomic mass is 14.9. The molecule has 1 heteroatoms. The van der Waals surface area contributed by atoms with Gasteiger partial charge in [0.2, 0.25) is 0 Å². The summed E-state index contributed by atoms with van der Waals surface area (Å²) in [5.41, 5.74) is 2.71. The molecule has 1 N–H and O–H groups in total. The maximum absolute atomic E-state index is 3.68. The quantitative estimate of drug-likeness (QED) is 0.776. The van der Waals surface area contributed by atoms with E-state index < -0.39 is 0 Å². The van der Waals surface area contributed by atoms with Crippen LogP contribution in [-0.2, 0) is 5.41 Å². The van der Waals surface area contributed by atoms with Gasteiger partial charge in [-0.05, 0) is 49.6 Å². The molecule has 3 rings (SSSR count). The standard InChI is InChI=1S/C18H27N/c1-2-12-19-15-18(16-8-4-3-5-9-16)13-17(14-18)10-6-7-11-17/h3-5,8-9,19H,2,6-7,10-15H2,1H3. The second-order valence-corrected chi connectivity index (χ2v) is 6.88. The molecular formula is C18H27N. The van der Waals surface area contributed by atoms with E-state index >= 15 is 0 Å². The van der Waals surface area contributed by atoms with Gasteiger partial charge < -0.3 is 5.32 Å². The molecule has 0 saturated heterocycles. The Hall–Kier alpha value is -0.820. The van der Waals surface area contributed by atoms with Crippen LogP contribution >= 0.6 is 0 Å². The van der Waals surface area contributed by atoms with E-state index in [9.17, 15) is 0 Å². The molecule has 0 aromatic heterocycles. The highest BCUT2D eigenvalue weighted by molar-refractivity contribution is 5.31. The lowest BCUT2D eigenvalue weighted by molar-refractivity contribution is 0.0271. The number of benzene rings is 1. The minimum Gasteiger partial charge on any atom is -0.316 e. The first-order valence-electron chi connectivity index (χ1n) is 8.05. The van der Waals surface area contributed by atoms with Gasteiger partial charge in [0.15, 0.2) is 0 Å². The first-order chi connectivity index (χ1) is 9.29. The Balaban J connectivity index is 1.74. The molecular weight excluding hydrogens is 230 g/mol. The maximum Gasteiger partial charge on any atom is 0.00883 e. The number of nitrogens with one attached hydrogen (secondary N) is 1. The van der Waals surface area contributed by atoms with Crippen molar-refractivity contribution in [2.75, 3.05) is 13.1 Å². The Labute approximate surface area is 117 Å². The topological polar surface area (TPSA) is 12.0 Å². The van der Waals surface area contributed by atoms with Gasteiger partial charge in [0.1, 0.15) is 0 Å². The van der Waals surface area contributed by atoms with Gasteiger partial charge in [-0.25, -0.2) is 0 Å². The van der Waals surface area contributed by atoms with E-state index in [0.29, 0.717) is 10.8 Å². The Morgan fingerprint density at radius 1 is 1.05 bits per heavy atom. The molecule has 0 atom stereocenters. The average Bonchev–Trinajstić information content (AvgIpc) is 2.88. The molecule has 0 bridgehead atoms. The first-order valence-corrected chi connectivity index (χ1v) is 8.05. The van der Waals surface area contributed by atoms with Gasteiger partial charge in [0.25, 0.3) is 0 Å². The highest BCUT2D eigenvalue weighted by Crippen LogP contribution is 2.62. The smallest absolute Gasteiger partial charge is 0.00883 e. The highest BCUT2D eigenvalue weighted by Gasteiger charge is 2.55. The lowest BCUT2D eigenvalue weighted by atomic mass is 9.49. The van der Waals surface area contributed by atoms with Crippen LogP contribution in [0.1, 0.15) is 57.4 Å². The molecule has 0 amide bonds. The Kier molecular flexibility index (Phi) is 3.66. The second kappa shape index (κ2) is 5.28. The van der Waals surface area contributed by atoms with Crippen LogP contribution in [0.25, 0.3) is 0 Å². The first kappa shape index (κ1) is 13.2. The van der Waals surface area contributed by atoms with Crippen molar-refractivity contribution in [1.29, 1.82) is 0 Å². The molecule has 1 aromatic carbocycles. The van der Waals surface area contributed by atoms with Crippen LogP contribution in [0.4, 0.5) is 0 Å². The summed E-state index contributed by atoms with van der Waals surface area (Å²) in [6.45, 7) is 4.58. The van der Waals surface area contributed by atoms with Crippen molar-refractivity contribution in [2.24, 2.45) is 5.41 Å². The van der Waals surface area contributed by atoms with Crippen molar-refractivity contribution < 1.29 is 0 Å². The molecule has 0 aliphatic heterocycles.